The van der Waals surface area contributed by atoms with E-state index in [1.807, 2.05) is 42.0 Å². The Morgan fingerprint density at radius 3 is 2.47 bits per heavy atom. The van der Waals surface area contributed by atoms with Gasteiger partial charge >= 0.3 is 0 Å². The van der Waals surface area contributed by atoms with E-state index < -0.39 is 15.9 Å². The molecule has 2 aromatic carbocycles. The number of amides is 1. The first-order valence-electron chi connectivity index (χ1n) is 11.2. The number of nitrogens with zero attached hydrogens (tertiary/aromatic N) is 1. The molecule has 178 valence electrons. The maximum absolute atomic E-state index is 11.9. The van der Waals surface area contributed by atoms with Gasteiger partial charge in [0.25, 0.3) is 5.91 Å². The molecule has 4 rings (SSSR count). The molecule has 0 aliphatic heterocycles. The summed E-state index contributed by atoms with van der Waals surface area (Å²) in [5, 5.41) is 0. The average molecular weight is 481 g/mol. The highest BCUT2D eigenvalue weighted by molar-refractivity contribution is 7.89. The molecule has 0 atom stereocenters. The number of carbonyl (C=O) groups excluding carboxylic acids is 1. The zero-order chi connectivity index (χ0) is 24.1. The van der Waals surface area contributed by atoms with Gasteiger partial charge in [-0.1, -0.05) is 30.7 Å². The predicted molar refractivity (Wildman–Crippen MR) is 130 cm³/mol. The highest BCUT2D eigenvalue weighted by atomic mass is 32.2. The van der Waals surface area contributed by atoms with Crippen molar-refractivity contribution in [2.75, 3.05) is 12.9 Å². The number of sulfonamides is 1. The van der Waals surface area contributed by atoms with Crippen LogP contribution in [0.1, 0.15) is 40.7 Å². The number of hydrogen-bond donors (Lipinski definition) is 1. The van der Waals surface area contributed by atoms with Crippen LogP contribution >= 0.6 is 0 Å². The summed E-state index contributed by atoms with van der Waals surface area (Å²) in [5.41, 5.74) is 3.98. The van der Waals surface area contributed by atoms with Crippen LogP contribution in [0.4, 0.5) is 0 Å². The van der Waals surface area contributed by atoms with Crippen LogP contribution in [-0.4, -0.2) is 32.2 Å². The minimum absolute atomic E-state index is 0.262. The zero-order valence-electron chi connectivity index (χ0n) is 19.3. The maximum Gasteiger partial charge on any atom is 0.264 e. The summed E-state index contributed by atoms with van der Waals surface area (Å²) >= 11 is 0. The van der Waals surface area contributed by atoms with Gasteiger partial charge in [0.1, 0.15) is 18.1 Å². The minimum atomic E-state index is -3.60. The Morgan fingerprint density at radius 2 is 1.82 bits per heavy atom. The molecule has 1 aliphatic carbocycles. The van der Waals surface area contributed by atoms with Crippen molar-refractivity contribution in [1.82, 2.24) is 9.71 Å². The van der Waals surface area contributed by atoms with Crippen molar-refractivity contribution < 1.29 is 22.7 Å². The third kappa shape index (κ3) is 6.35. The van der Waals surface area contributed by atoms with E-state index in [-0.39, 0.29) is 5.56 Å². The summed E-state index contributed by atoms with van der Waals surface area (Å²) in [6, 6.07) is 16.4. The van der Waals surface area contributed by atoms with E-state index in [1.165, 1.54) is 19.3 Å². The molecule has 0 unspecified atom stereocenters. The molecule has 1 saturated carbocycles. The fourth-order valence-electron chi connectivity index (χ4n) is 3.68. The Bertz CT molecular complexity index is 1270. The van der Waals surface area contributed by atoms with E-state index in [2.05, 4.69) is 4.98 Å². The van der Waals surface area contributed by atoms with Gasteiger partial charge in [-0.3, -0.25) is 9.78 Å². The quantitative estimate of drug-likeness (QED) is 0.484. The zero-order valence-corrected chi connectivity index (χ0v) is 20.1. The fourth-order valence-corrected chi connectivity index (χ4v) is 4.14. The van der Waals surface area contributed by atoms with E-state index in [0.29, 0.717) is 18.3 Å². The lowest BCUT2D eigenvalue weighted by molar-refractivity contribution is 0.0981. The van der Waals surface area contributed by atoms with Gasteiger partial charge < -0.3 is 9.47 Å². The standard InChI is InChI=1S/C26H28N2O5S/c1-18-13-24(33-16-19-5-3-6-19)15-27-25(18)22-7-4-8-23(14-22)32-17-20-9-11-21(12-10-20)26(29)28-34(2,30)31/h4,7-15,19H,3,5-6,16-17H2,1-2H3,(H,28,29). The molecule has 0 radical (unpaired) electrons. The fraction of sp³-hybridized carbons (Fsp3) is 0.308. The summed E-state index contributed by atoms with van der Waals surface area (Å²) in [7, 11) is -3.60. The Morgan fingerprint density at radius 1 is 1.06 bits per heavy atom. The molecule has 3 aromatic rings. The normalized spacial score (nSPS) is 13.7. The lowest BCUT2D eigenvalue weighted by Gasteiger charge is -2.25. The molecule has 1 aliphatic rings. The van der Waals surface area contributed by atoms with Crippen LogP contribution in [0.2, 0.25) is 0 Å². The molecule has 1 aromatic heterocycles. The number of nitrogens with one attached hydrogen (secondary N) is 1. The largest absolute Gasteiger partial charge is 0.492 e. The molecule has 34 heavy (non-hydrogen) atoms. The van der Waals surface area contributed by atoms with Crippen LogP contribution in [0.5, 0.6) is 11.5 Å². The number of carbonyl (C=O) groups is 1. The number of pyridine rings is 1. The van der Waals surface area contributed by atoms with Crippen molar-refractivity contribution >= 4 is 15.9 Å². The Hall–Kier alpha value is -3.39. The summed E-state index contributed by atoms with van der Waals surface area (Å²) in [4.78, 5) is 16.5. The van der Waals surface area contributed by atoms with Crippen molar-refractivity contribution in [1.29, 1.82) is 0 Å². The van der Waals surface area contributed by atoms with Crippen LogP contribution < -0.4 is 14.2 Å². The van der Waals surface area contributed by atoms with E-state index in [4.69, 9.17) is 9.47 Å². The van der Waals surface area contributed by atoms with E-state index in [0.717, 1.165) is 41.0 Å². The Labute approximate surface area is 200 Å². The third-order valence-electron chi connectivity index (χ3n) is 5.77. The van der Waals surface area contributed by atoms with Crippen LogP contribution in [0.3, 0.4) is 0 Å². The Balaban J connectivity index is 1.37. The molecule has 8 heteroatoms. The van der Waals surface area contributed by atoms with Crippen LogP contribution in [0.25, 0.3) is 11.3 Å². The van der Waals surface area contributed by atoms with E-state index in [1.54, 1.807) is 30.5 Å². The smallest absolute Gasteiger partial charge is 0.264 e. The number of hydrogen-bond acceptors (Lipinski definition) is 6. The van der Waals surface area contributed by atoms with Gasteiger partial charge in [0.2, 0.25) is 10.0 Å². The second kappa shape index (κ2) is 10.3. The molecule has 0 saturated heterocycles. The third-order valence-corrected chi connectivity index (χ3v) is 6.33. The highest BCUT2D eigenvalue weighted by Crippen LogP contribution is 2.30. The first kappa shape index (κ1) is 23.8. The molecule has 1 amide bonds. The molecule has 7 nitrogen and oxygen atoms in total. The number of aryl methyl sites for hydroxylation is 1. The van der Waals surface area contributed by atoms with Gasteiger partial charge in [0, 0.05) is 11.1 Å². The van der Waals surface area contributed by atoms with Crippen LogP contribution in [0.15, 0.2) is 60.8 Å². The molecular weight excluding hydrogens is 452 g/mol. The van der Waals surface area contributed by atoms with E-state index >= 15 is 0 Å². The summed E-state index contributed by atoms with van der Waals surface area (Å²) in [6.07, 6.45) is 6.52. The predicted octanol–water partition coefficient (Wildman–Crippen LogP) is 4.50. The summed E-state index contributed by atoms with van der Waals surface area (Å²) in [5.74, 6) is 1.51. The molecule has 1 N–H and O–H groups in total. The second-order valence-corrected chi connectivity index (χ2v) is 10.4. The second-order valence-electron chi connectivity index (χ2n) is 8.66. The van der Waals surface area contributed by atoms with Gasteiger partial charge in [-0.2, -0.15) is 0 Å². The first-order valence-corrected chi connectivity index (χ1v) is 13.1. The van der Waals surface area contributed by atoms with Crippen molar-refractivity contribution in [2.45, 2.75) is 32.8 Å². The highest BCUT2D eigenvalue weighted by Gasteiger charge is 2.18. The molecule has 1 fully saturated rings. The topological polar surface area (TPSA) is 94.6 Å². The van der Waals surface area contributed by atoms with Gasteiger partial charge in [0.15, 0.2) is 0 Å². The number of rotatable bonds is 9. The minimum Gasteiger partial charge on any atom is -0.492 e. The number of ether oxygens (including phenoxy) is 2. The van der Waals surface area contributed by atoms with Crippen molar-refractivity contribution in [3.63, 3.8) is 0 Å². The summed E-state index contributed by atoms with van der Waals surface area (Å²) < 4.78 is 36.2. The molecular formula is C26H28N2O5S. The van der Waals surface area contributed by atoms with Crippen LogP contribution in [-0.2, 0) is 16.6 Å². The maximum atomic E-state index is 11.9. The lowest BCUT2D eigenvalue weighted by Crippen LogP contribution is -2.29. The molecule has 1 heterocycles. The number of benzene rings is 2. The monoisotopic (exact) mass is 480 g/mol. The van der Waals surface area contributed by atoms with Crippen LogP contribution in [0, 0.1) is 12.8 Å². The first-order chi connectivity index (χ1) is 16.3. The molecule has 0 spiro atoms. The SMILES string of the molecule is Cc1cc(OCC2CCC2)cnc1-c1cccc(OCc2ccc(C(=O)NS(C)(=O)=O)cc2)c1. The van der Waals surface area contributed by atoms with Gasteiger partial charge in [-0.15, -0.1) is 0 Å². The lowest BCUT2D eigenvalue weighted by atomic mass is 9.86. The van der Waals surface area contributed by atoms with Crippen molar-refractivity contribution in [2.24, 2.45) is 5.92 Å². The van der Waals surface area contributed by atoms with Crippen molar-refractivity contribution in [3.05, 3.63) is 77.5 Å². The molecule has 0 bridgehead atoms. The van der Waals surface area contributed by atoms with E-state index in [9.17, 15) is 13.2 Å². The van der Waals surface area contributed by atoms with Crippen molar-refractivity contribution in [3.8, 4) is 22.8 Å². The Kier molecular flexibility index (Phi) is 7.17. The van der Waals surface area contributed by atoms with Gasteiger partial charge in [-0.05, 0) is 67.1 Å². The van der Waals surface area contributed by atoms with Gasteiger partial charge in [0.05, 0.1) is 24.8 Å². The van der Waals surface area contributed by atoms with Gasteiger partial charge in [-0.25, -0.2) is 13.1 Å². The number of aromatic nitrogens is 1. The summed E-state index contributed by atoms with van der Waals surface area (Å²) in [6.45, 7) is 3.08. The average Bonchev–Trinajstić information content (AvgIpc) is 2.76.